The maximum absolute atomic E-state index is 14.1. The molecule has 168 valence electrons. The Morgan fingerprint density at radius 2 is 1.65 bits per heavy atom. The highest BCUT2D eigenvalue weighted by Gasteiger charge is 2.40. The molecule has 0 spiro atoms. The Balaban J connectivity index is 1.66. The lowest BCUT2D eigenvalue weighted by Gasteiger charge is -2.36. The van der Waals surface area contributed by atoms with Gasteiger partial charge in [0.05, 0.1) is 29.9 Å². The predicted molar refractivity (Wildman–Crippen MR) is 134 cm³/mol. The number of Topliss-reactive ketones (excluding diaryl/α,β-unsaturated/α-hetero) is 1. The molecule has 5 heteroatoms. The molecule has 2 aromatic heterocycles. The van der Waals surface area contributed by atoms with Crippen molar-refractivity contribution in [3.8, 4) is 17.3 Å². The van der Waals surface area contributed by atoms with Gasteiger partial charge in [0.15, 0.2) is 11.6 Å². The molecule has 3 heterocycles. The fraction of sp³-hybridized carbons (Fsp3) is 0.172. The Bertz CT molecular complexity index is 1530. The molecule has 0 saturated heterocycles. The number of ether oxygens (including phenoxy) is 1. The van der Waals surface area contributed by atoms with Gasteiger partial charge in [0.2, 0.25) is 0 Å². The molecule has 0 radical (unpaired) electrons. The van der Waals surface area contributed by atoms with Gasteiger partial charge in [-0.2, -0.15) is 0 Å². The Hall–Kier alpha value is -4.12. The maximum atomic E-state index is 14.1. The molecule has 5 nitrogen and oxygen atoms in total. The van der Waals surface area contributed by atoms with Gasteiger partial charge >= 0.3 is 0 Å². The Morgan fingerprint density at radius 3 is 2.38 bits per heavy atom. The summed E-state index contributed by atoms with van der Waals surface area (Å²) in [4.78, 5) is 19.1. The Morgan fingerprint density at radius 1 is 0.912 bits per heavy atom. The number of benzene rings is 3. The molecule has 1 aliphatic rings. The zero-order valence-electron chi connectivity index (χ0n) is 19.4. The van der Waals surface area contributed by atoms with Gasteiger partial charge in [-0.3, -0.25) is 4.79 Å². The topological polar surface area (TPSA) is 49.1 Å². The second-order valence-electron chi connectivity index (χ2n) is 8.92. The van der Waals surface area contributed by atoms with Crippen LogP contribution in [0.4, 0.5) is 0 Å². The average Bonchev–Trinajstić information content (AvgIpc) is 3.49. The van der Waals surface area contributed by atoms with Gasteiger partial charge in [0.25, 0.3) is 0 Å². The number of imidazole rings is 1. The summed E-state index contributed by atoms with van der Waals surface area (Å²) in [6.45, 7) is 4.23. The van der Waals surface area contributed by atoms with E-state index in [2.05, 4.69) is 47.2 Å². The molecule has 1 aliphatic heterocycles. The lowest BCUT2D eigenvalue weighted by atomic mass is 9.90. The van der Waals surface area contributed by atoms with Crippen LogP contribution in [0.1, 0.15) is 39.1 Å². The van der Waals surface area contributed by atoms with Gasteiger partial charge in [-0.1, -0.05) is 42.5 Å². The molecule has 34 heavy (non-hydrogen) atoms. The number of aromatic nitrogens is 3. The van der Waals surface area contributed by atoms with E-state index in [1.807, 2.05) is 60.8 Å². The zero-order chi connectivity index (χ0) is 23.4. The van der Waals surface area contributed by atoms with Gasteiger partial charge in [0, 0.05) is 11.8 Å². The Labute approximate surface area is 198 Å². The van der Waals surface area contributed by atoms with E-state index in [0.717, 1.165) is 33.9 Å². The van der Waals surface area contributed by atoms with Crippen molar-refractivity contribution in [1.29, 1.82) is 0 Å². The van der Waals surface area contributed by atoms with Crippen molar-refractivity contribution in [2.75, 3.05) is 7.11 Å². The van der Waals surface area contributed by atoms with Crippen molar-refractivity contribution in [3.05, 3.63) is 107 Å². The van der Waals surface area contributed by atoms with Crippen molar-refractivity contribution in [1.82, 2.24) is 14.1 Å². The minimum absolute atomic E-state index is 0.0789. The summed E-state index contributed by atoms with van der Waals surface area (Å²) < 4.78 is 9.75. The predicted octanol–water partition coefficient (Wildman–Crippen LogP) is 6.16. The molecule has 5 aromatic rings. The molecule has 3 aromatic carbocycles. The number of hydrogen-bond acceptors (Lipinski definition) is 3. The van der Waals surface area contributed by atoms with Crippen LogP contribution in [-0.2, 0) is 0 Å². The third kappa shape index (κ3) is 3.00. The van der Waals surface area contributed by atoms with Crippen LogP contribution in [0, 0.1) is 13.8 Å². The minimum Gasteiger partial charge on any atom is -0.497 e. The largest absolute Gasteiger partial charge is 0.497 e. The van der Waals surface area contributed by atoms with Crippen molar-refractivity contribution >= 4 is 16.8 Å². The van der Waals surface area contributed by atoms with Gasteiger partial charge in [0.1, 0.15) is 11.8 Å². The fourth-order valence-electron chi connectivity index (χ4n) is 5.11. The molecule has 0 unspecified atom stereocenters. The van der Waals surface area contributed by atoms with Gasteiger partial charge in [-0.05, 0) is 66.9 Å². The first-order valence-corrected chi connectivity index (χ1v) is 11.5. The lowest BCUT2D eigenvalue weighted by Crippen LogP contribution is -2.34. The minimum atomic E-state index is -0.452. The monoisotopic (exact) mass is 447 g/mol. The van der Waals surface area contributed by atoms with Crippen LogP contribution in [0.15, 0.2) is 85.1 Å². The van der Waals surface area contributed by atoms with Gasteiger partial charge in [-0.25, -0.2) is 4.98 Å². The SMILES string of the molecule is COc1ccc([C@H]2[C@H](C(=O)c3ccccc3)n3cccc3-c3nc4cc(C)c(C)cc4n32)cc1. The van der Waals surface area contributed by atoms with Crippen LogP contribution >= 0.6 is 0 Å². The van der Waals surface area contributed by atoms with Crippen LogP contribution in [0.2, 0.25) is 0 Å². The number of fused-ring (bicyclic) bond motifs is 5. The van der Waals surface area contributed by atoms with Crippen LogP contribution in [-0.4, -0.2) is 27.0 Å². The van der Waals surface area contributed by atoms with E-state index in [1.54, 1.807) is 7.11 Å². The molecule has 0 N–H and O–H groups in total. The fourth-order valence-corrected chi connectivity index (χ4v) is 5.11. The number of nitrogens with zero attached hydrogens (tertiary/aromatic N) is 3. The van der Waals surface area contributed by atoms with E-state index in [9.17, 15) is 4.79 Å². The van der Waals surface area contributed by atoms with E-state index in [1.165, 1.54) is 11.1 Å². The van der Waals surface area contributed by atoms with Gasteiger partial charge in [-0.15, -0.1) is 0 Å². The number of aryl methyl sites for hydroxylation is 2. The second kappa shape index (κ2) is 7.73. The summed E-state index contributed by atoms with van der Waals surface area (Å²) in [5.74, 6) is 1.74. The number of hydrogen-bond donors (Lipinski definition) is 0. The first-order chi connectivity index (χ1) is 16.6. The molecular weight excluding hydrogens is 422 g/mol. The standard InChI is InChI=1S/C29H25N3O2/c1-18-16-23-25(17-19(18)2)32-26(20-11-13-22(34-3)14-12-20)27(28(33)21-8-5-4-6-9-21)31-15-7-10-24(31)29(32)30-23/h4-17,26-27H,1-3H3/t26-,27+/m0/s1. The van der Waals surface area contributed by atoms with Crippen molar-refractivity contribution in [2.45, 2.75) is 25.9 Å². The smallest absolute Gasteiger partial charge is 0.188 e. The zero-order valence-corrected chi connectivity index (χ0v) is 19.4. The number of ketones is 1. The first kappa shape index (κ1) is 20.5. The lowest BCUT2D eigenvalue weighted by molar-refractivity contribution is 0.0895. The Kier molecular flexibility index (Phi) is 4.66. The summed E-state index contributed by atoms with van der Waals surface area (Å²) in [5, 5.41) is 0. The van der Waals surface area contributed by atoms with Crippen LogP contribution in [0.3, 0.4) is 0 Å². The molecular formula is C29H25N3O2. The number of carbonyl (C=O) groups excluding carboxylic acids is 1. The van der Waals surface area contributed by atoms with E-state index < -0.39 is 6.04 Å². The summed E-state index contributed by atoms with van der Waals surface area (Å²) >= 11 is 0. The maximum Gasteiger partial charge on any atom is 0.188 e. The highest BCUT2D eigenvalue weighted by Crippen LogP contribution is 2.45. The quantitative estimate of drug-likeness (QED) is 0.310. The summed E-state index contributed by atoms with van der Waals surface area (Å²) in [7, 11) is 1.66. The van der Waals surface area contributed by atoms with E-state index >= 15 is 0 Å². The molecule has 0 saturated carbocycles. The first-order valence-electron chi connectivity index (χ1n) is 11.5. The van der Waals surface area contributed by atoms with Crippen molar-refractivity contribution in [3.63, 3.8) is 0 Å². The number of methoxy groups -OCH3 is 1. The van der Waals surface area contributed by atoms with E-state index in [-0.39, 0.29) is 11.8 Å². The number of rotatable bonds is 4. The molecule has 0 amide bonds. The highest BCUT2D eigenvalue weighted by atomic mass is 16.5. The third-order valence-electron chi connectivity index (χ3n) is 6.97. The summed E-state index contributed by atoms with van der Waals surface area (Å²) in [6.07, 6.45) is 2.00. The molecule has 0 fully saturated rings. The molecule has 6 rings (SSSR count). The highest BCUT2D eigenvalue weighted by molar-refractivity contribution is 6.00. The second-order valence-corrected chi connectivity index (χ2v) is 8.92. The van der Waals surface area contributed by atoms with E-state index in [0.29, 0.717) is 5.56 Å². The third-order valence-corrected chi connectivity index (χ3v) is 6.97. The van der Waals surface area contributed by atoms with Gasteiger partial charge < -0.3 is 13.9 Å². The van der Waals surface area contributed by atoms with Crippen molar-refractivity contribution in [2.24, 2.45) is 0 Å². The molecule has 0 aliphatic carbocycles. The summed E-state index contributed by atoms with van der Waals surface area (Å²) in [5.41, 5.74) is 7.07. The normalized spacial score (nSPS) is 16.8. The van der Waals surface area contributed by atoms with Crippen molar-refractivity contribution < 1.29 is 9.53 Å². The number of carbonyl (C=O) groups is 1. The van der Waals surface area contributed by atoms with E-state index in [4.69, 9.17) is 9.72 Å². The molecule has 2 atom stereocenters. The van der Waals surface area contributed by atoms with Crippen LogP contribution < -0.4 is 4.74 Å². The van der Waals surface area contributed by atoms with Crippen LogP contribution in [0.5, 0.6) is 5.75 Å². The summed E-state index contributed by atoms with van der Waals surface area (Å²) in [6, 6.07) is 25.2. The van der Waals surface area contributed by atoms with Crippen LogP contribution in [0.25, 0.3) is 22.6 Å². The average molecular weight is 448 g/mol. The molecule has 0 bridgehead atoms.